The summed E-state index contributed by atoms with van der Waals surface area (Å²) in [6.07, 6.45) is 0. The zero-order valence-corrected chi connectivity index (χ0v) is 12.7. The van der Waals surface area contributed by atoms with Crippen molar-refractivity contribution in [1.82, 2.24) is 9.88 Å². The number of hydrogen-bond donors (Lipinski definition) is 1. The van der Waals surface area contributed by atoms with Crippen LogP contribution >= 0.6 is 11.3 Å². The summed E-state index contributed by atoms with van der Waals surface area (Å²) in [6.45, 7) is 0.557. The van der Waals surface area contributed by atoms with Crippen molar-refractivity contribution in [3.8, 4) is 5.75 Å². The number of benzene rings is 1. The lowest BCUT2D eigenvalue weighted by Crippen LogP contribution is -2.24. The van der Waals surface area contributed by atoms with E-state index in [0.717, 1.165) is 21.5 Å². The van der Waals surface area contributed by atoms with Crippen LogP contribution in [0.25, 0.3) is 10.9 Å². The van der Waals surface area contributed by atoms with Crippen molar-refractivity contribution >= 4 is 28.1 Å². The minimum Gasteiger partial charge on any atom is -0.497 e. The summed E-state index contributed by atoms with van der Waals surface area (Å²) in [5.41, 5.74) is 1.66. The van der Waals surface area contributed by atoms with Crippen LogP contribution in [-0.2, 0) is 13.6 Å². The van der Waals surface area contributed by atoms with Gasteiger partial charge in [-0.3, -0.25) is 4.79 Å². The predicted octanol–water partition coefficient (Wildman–Crippen LogP) is 3.18. The fourth-order valence-electron chi connectivity index (χ4n) is 2.34. The van der Waals surface area contributed by atoms with Crippen LogP contribution in [0.5, 0.6) is 5.75 Å². The van der Waals surface area contributed by atoms with Gasteiger partial charge in [-0.1, -0.05) is 6.07 Å². The molecular weight excluding hydrogens is 284 g/mol. The van der Waals surface area contributed by atoms with E-state index in [-0.39, 0.29) is 5.91 Å². The van der Waals surface area contributed by atoms with Gasteiger partial charge in [0.25, 0.3) is 5.91 Å². The Morgan fingerprint density at radius 2 is 2.19 bits per heavy atom. The molecule has 0 unspecified atom stereocenters. The molecule has 2 aromatic heterocycles. The number of carbonyl (C=O) groups excluding carboxylic acids is 1. The largest absolute Gasteiger partial charge is 0.497 e. The quantitative estimate of drug-likeness (QED) is 0.804. The second-order valence-corrected chi connectivity index (χ2v) is 5.81. The number of amides is 1. The van der Waals surface area contributed by atoms with E-state index in [0.29, 0.717) is 12.2 Å². The van der Waals surface area contributed by atoms with Crippen molar-refractivity contribution in [2.75, 3.05) is 7.11 Å². The summed E-state index contributed by atoms with van der Waals surface area (Å²) in [6, 6.07) is 11.7. The lowest BCUT2D eigenvalue weighted by atomic mass is 10.2. The Morgan fingerprint density at radius 3 is 2.90 bits per heavy atom. The predicted molar refractivity (Wildman–Crippen MR) is 85.0 cm³/mol. The van der Waals surface area contributed by atoms with Gasteiger partial charge in [-0.2, -0.15) is 0 Å². The molecular formula is C16H16N2O2S. The van der Waals surface area contributed by atoms with Gasteiger partial charge in [0.1, 0.15) is 11.4 Å². The molecule has 1 aromatic carbocycles. The number of hydrogen-bond acceptors (Lipinski definition) is 3. The van der Waals surface area contributed by atoms with E-state index in [4.69, 9.17) is 4.74 Å². The van der Waals surface area contributed by atoms with Crippen molar-refractivity contribution in [2.45, 2.75) is 6.54 Å². The van der Waals surface area contributed by atoms with E-state index in [1.807, 2.05) is 53.4 Å². The SMILES string of the molecule is COc1ccc2c(c1)cc(C(=O)NCc1cccs1)n2C. The van der Waals surface area contributed by atoms with E-state index >= 15 is 0 Å². The van der Waals surface area contributed by atoms with Crippen LogP contribution in [-0.4, -0.2) is 17.6 Å². The number of aromatic nitrogens is 1. The van der Waals surface area contributed by atoms with Crippen LogP contribution in [0, 0.1) is 0 Å². The van der Waals surface area contributed by atoms with E-state index in [1.54, 1.807) is 18.4 Å². The fraction of sp³-hybridized carbons (Fsp3) is 0.188. The molecule has 1 amide bonds. The van der Waals surface area contributed by atoms with Crippen LogP contribution in [0.4, 0.5) is 0 Å². The third-order valence-corrected chi connectivity index (χ3v) is 4.36. The maximum absolute atomic E-state index is 12.3. The molecule has 0 saturated heterocycles. The molecule has 4 nitrogen and oxygen atoms in total. The number of carbonyl (C=O) groups is 1. The first-order valence-corrected chi connectivity index (χ1v) is 7.51. The average Bonchev–Trinajstić information content (AvgIpc) is 3.12. The normalized spacial score (nSPS) is 10.8. The number of rotatable bonds is 4. The summed E-state index contributed by atoms with van der Waals surface area (Å²) in [5, 5.41) is 5.95. The maximum Gasteiger partial charge on any atom is 0.268 e. The molecule has 0 aliphatic rings. The molecule has 0 bridgehead atoms. The summed E-state index contributed by atoms with van der Waals surface area (Å²) >= 11 is 1.64. The van der Waals surface area contributed by atoms with Crippen LogP contribution in [0.2, 0.25) is 0 Å². The van der Waals surface area contributed by atoms with E-state index in [2.05, 4.69) is 5.32 Å². The van der Waals surface area contributed by atoms with Crippen molar-refractivity contribution in [2.24, 2.45) is 7.05 Å². The number of fused-ring (bicyclic) bond motifs is 1. The van der Waals surface area contributed by atoms with E-state index in [1.165, 1.54) is 0 Å². The van der Waals surface area contributed by atoms with Gasteiger partial charge in [-0.15, -0.1) is 11.3 Å². The van der Waals surface area contributed by atoms with Gasteiger partial charge in [0.05, 0.1) is 13.7 Å². The number of ether oxygens (including phenoxy) is 1. The zero-order valence-electron chi connectivity index (χ0n) is 11.9. The maximum atomic E-state index is 12.3. The number of thiophene rings is 1. The molecule has 5 heteroatoms. The third kappa shape index (κ3) is 2.64. The van der Waals surface area contributed by atoms with E-state index in [9.17, 15) is 4.79 Å². The van der Waals surface area contributed by atoms with E-state index < -0.39 is 0 Å². The van der Waals surface area contributed by atoms with Crippen LogP contribution < -0.4 is 10.1 Å². The first kappa shape index (κ1) is 13.7. The van der Waals surface area contributed by atoms with Gasteiger partial charge in [0.15, 0.2) is 0 Å². The molecule has 0 saturated carbocycles. The van der Waals surface area contributed by atoms with Crippen molar-refractivity contribution in [1.29, 1.82) is 0 Å². The summed E-state index contributed by atoms with van der Waals surface area (Å²) in [4.78, 5) is 13.5. The lowest BCUT2D eigenvalue weighted by molar-refractivity contribution is 0.0943. The minimum atomic E-state index is -0.0685. The van der Waals surface area contributed by atoms with Crippen molar-refractivity contribution in [3.63, 3.8) is 0 Å². The number of nitrogens with zero attached hydrogens (tertiary/aromatic N) is 1. The highest BCUT2D eigenvalue weighted by molar-refractivity contribution is 7.09. The summed E-state index contributed by atoms with van der Waals surface area (Å²) < 4.78 is 7.12. The second kappa shape index (κ2) is 5.61. The Hall–Kier alpha value is -2.27. The highest BCUT2D eigenvalue weighted by Crippen LogP contribution is 2.23. The van der Waals surface area contributed by atoms with Gasteiger partial charge in [0.2, 0.25) is 0 Å². The Labute approximate surface area is 127 Å². The zero-order chi connectivity index (χ0) is 14.8. The standard InChI is InChI=1S/C16H16N2O2S/c1-18-14-6-5-12(20-2)8-11(14)9-15(18)16(19)17-10-13-4-3-7-21-13/h3-9H,10H2,1-2H3,(H,17,19). The van der Waals surface area contributed by atoms with Crippen LogP contribution in [0.15, 0.2) is 41.8 Å². The van der Waals surface area contributed by atoms with Gasteiger partial charge >= 0.3 is 0 Å². The van der Waals surface area contributed by atoms with Crippen LogP contribution in [0.3, 0.4) is 0 Å². The Kier molecular flexibility index (Phi) is 3.66. The lowest BCUT2D eigenvalue weighted by Gasteiger charge is -2.05. The Bertz CT molecular complexity index is 775. The topological polar surface area (TPSA) is 43.3 Å². The highest BCUT2D eigenvalue weighted by Gasteiger charge is 2.13. The first-order chi connectivity index (χ1) is 10.2. The Morgan fingerprint density at radius 1 is 1.33 bits per heavy atom. The van der Waals surface area contributed by atoms with Gasteiger partial charge < -0.3 is 14.6 Å². The van der Waals surface area contributed by atoms with Gasteiger partial charge in [0, 0.05) is 22.8 Å². The monoisotopic (exact) mass is 300 g/mol. The van der Waals surface area contributed by atoms with Crippen molar-refractivity contribution in [3.05, 3.63) is 52.3 Å². The molecule has 0 spiro atoms. The third-order valence-electron chi connectivity index (χ3n) is 3.49. The molecule has 108 valence electrons. The smallest absolute Gasteiger partial charge is 0.268 e. The molecule has 0 atom stereocenters. The molecule has 0 radical (unpaired) electrons. The molecule has 3 rings (SSSR count). The number of aryl methyl sites for hydroxylation is 1. The first-order valence-electron chi connectivity index (χ1n) is 6.63. The average molecular weight is 300 g/mol. The number of methoxy groups -OCH3 is 1. The fourth-order valence-corrected chi connectivity index (χ4v) is 2.99. The van der Waals surface area contributed by atoms with Crippen LogP contribution in [0.1, 0.15) is 15.4 Å². The Balaban J connectivity index is 1.85. The molecule has 0 fully saturated rings. The summed E-state index contributed by atoms with van der Waals surface area (Å²) in [7, 11) is 3.54. The molecule has 0 aliphatic carbocycles. The molecule has 0 aliphatic heterocycles. The highest BCUT2D eigenvalue weighted by atomic mass is 32.1. The molecule has 2 heterocycles. The molecule has 21 heavy (non-hydrogen) atoms. The molecule has 3 aromatic rings. The summed E-state index contributed by atoms with van der Waals surface area (Å²) in [5.74, 6) is 0.722. The molecule has 1 N–H and O–H groups in total. The second-order valence-electron chi connectivity index (χ2n) is 4.78. The van der Waals surface area contributed by atoms with Gasteiger partial charge in [-0.25, -0.2) is 0 Å². The number of nitrogens with one attached hydrogen (secondary N) is 1. The van der Waals surface area contributed by atoms with Gasteiger partial charge in [-0.05, 0) is 35.7 Å². The minimum absolute atomic E-state index is 0.0685. The van der Waals surface area contributed by atoms with Crippen molar-refractivity contribution < 1.29 is 9.53 Å².